The van der Waals surface area contributed by atoms with E-state index in [2.05, 4.69) is 15.8 Å². The Morgan fingerprint density at radius 3 is 2.48 bits per heavy atom. The van der Waals surface area contributed by atoms with Crippen molar-refractivity contribution >= 4 is 40.8 Å². The second-order valence-electron chi connectivity index (χ2n) is 4.00. The summed E-state index contributed by atoms with van der Waals surface area (Å²) in [7, 11) is 0. The lowest BCUT2D eigenvalue weighted by atomic mass is 10.2. The van der Waals surface area contributed by atoms with Gasteiger partial charge in [-0.25, -0.2) is 8.78 Å². The van der Waals surface area contributed by atoms with E-state index in [-0.39, 0.29) is 5.11 Å². The number of anilines is 1. The number of hydrogen-bond acceptors (Lipinski definition) is 2. The molecular formula is C14H10ClF2N3S. The van der Waals surface area contributed by atoms with Gasteiger partial charge in [-0.15, -0.1) is 0 Å². The summed E-state index contributed by atoms with van der Waals surface area (Å²) in [5.41, 5.74) is 3.73. The molecule has 3 nitrogen and oxygen atoms in total. The van der Waals surface area contributed by atoms with Crippen LogP contribution in [0.3, 0.4) is 0 Å². The largest absolute Gasteiger partial charge is 0.331 e. The molecule has 0 saturated heterocycles. The summed E-state index contributed by atoms with van der Waals surface area (Å²) < 4.78 is 25.7. The quantitative estimate of drug-likeness (QED) is 0.510. The Kier molecular flexibility index (Phi) is 5.19. The van der Waals surface area contributed by atoms with E-state index in [1.807, 2.05) is 0 Å². The van der Waals surface area contributed by atoms with Crippen molar-refractivity contribution in [3.8, 4) is 0 Å². The Labute approximate surface area is 130 Å². The van der Waals surface area contributed by atoms with E-state index in [4.69, 9.17) is 23.8 Å². The van der Waals surface area contributed by atoms with Crippen molar-refractivity contribution in [3.63, 3.8) is 0 Å². The van der Waals surface area contributed by atoms with Gasteiger partial charge in [-0.05, 0) is 54.2 Å². The van der Waals surface area contributed by atoms with E-state index in [0.717, 1.165) is 17.8 Å². The molecule has 2 aromatic carbocycles. The van der Waals surface area contributed by atoms with Crippen molar-refractivity contribution in [2.24, 2.45) is 5.10 Å². The molecule has 0 aliphatic heterocycles. The van der Waals surface area contributed by atoms with Crippen LogP contribution in [0.25, 0.3) is 0 Å². The maximum atomic E-state index is 13.0. The van der Waals surface area contributed by atoms with E-state index in [9.17, 15) is 8.78 Å². The minimum atomic E-state index is -0.930. The van der Waals surface area contributed by atoms with Crippen LogP contribution in [0, 0.1) is 11.6 Å². The van der Waals surface area contributed by atoms with Gasteiger partial charge in [0.05, 0.1) is 6.21 Å². The predicted molar refractivity (Wildman–Crippen MR) is 84.8 cm³/mol. The second-order valence-corrected chi connectivity index (χ2v) is 4.85. The number of benzene rings is 2. The van der Waals surface area contributed by atoms with Gasteiger partial charge < -0.3 is 5.32 Å². The highest BCUT2D eigenvalue weighted by atomic mass is 35.5. The van der Waals surface area contributed by atoms with E-state index in [0.29, 0.717) is 10.6 Å². The smallest absolute Gasteiger partial charge is 0.191 e. The molecule has 0 saturated carbocycles. The van der Waals surface area contributed by atoms with Gasteiger partial charge in [-0.3, -0.25) is 5.43 Å². The fraction of sp³-hybridized carbons (Fsp3) is 0. The molecule has 0 unspecified atom stereocenters. The summed E-state index contributed by atoms with van der Waals surface area (Å²) in [6.45, 7) is 0. The number of nitrogens with zero attached hydrogens (tertiary/aromatic N) is 1. The van der Waals surface area contributed by atoms with Crippen molar-refractivity contribution in [3.05, 3.63) is 64.7 Å². The topological polar surface area (TPSA) is 36.4 Å². The number of thiocarbonyl (C=S) groups is 1. The van der Waals surface area contributed by atoms with Crippen LogP contribution in [0.5, 0.6) is 0 Å². The summed E-state index contributed by atoms with van der Waals surface area (Å²) in [5, 5.41) is 7.60. The molecule has 7 heteroatoms. The van der Waals surface area contributed by atoms with Crippen LogP contribution in [-0.4, -0.2) is 11.3 Å². The summed E-state index contributed by atoms with van der Waals surface area (Å²) >= 11 is 10.8. The van der Waals surface area contributed by atoms with E-state index >= 15 is 0 Å². The minimum Gasteiger partial charge on any atom is -0.331 e. The molecule has 108 valence electrons. The van der Waals surface area contributed by atoms with Crippen LogP contribution >= 0.6 is 23.8 Å². The molecule has 0 aliphatic rings. The average molecular weight is 326 g/mol. The highest BCUT2D eigenvalue weighted by Crippen LogP contribution is 2.13. The van der Waals surface area contributed by atoms with E-state index in [1.54, 1.807) is 24.3 Å². The van der Waals surface area contributed by atoms with Crippen LogP contribution < -0.4 is 10.7 Å². The lowest BCUT2D eigenvalue weighted by Crippen LogP contribution is -2.23. The van der Waals surface area contributed by atoms with Gasteiger partial charge in [0.15, 0.2) is 16.7 Å². The predicted octanol–water partition coefficient (Wildman–Crippen LogP) is 3.94. The first kappa shape index (κ1) is 15.3. The number of hydrogen-bond donors (Lipinski definition) is 2. The minimum absolute atomic E-state index is 0.260. The van der Waals surface area contributed by atoms with Gasteiger partial charge in [0.25, 0.3) is 0 Å². The number of rotatable bonds is 3. The number of hydrazone groups is 1. The first-order valence-corrected chi connectivity index (χ1v) is 6.64. The Balaban J connectivity index is 1.89. The van der Waals surface area contributed by atoms with E-state index in [1.165, 1.54) is 12.3 Å². The highest BCUT2D eigenvalue weighted by molar-refractivity contribution is 7.80. The Morgan fingerprint density at radius 1 is 1.10 bits per heavy atom. The summed E-state index contributed by atoms with van der Waals surface area (Å²) in [6, 6.07) is 10.4. The molecular weight excluding hydrogens is 316 g/mol. The Bertz CT molecular complexity index is 674. The van der Waals surface area contributed by atoms with Crippen LogP contribution in [0.2, 0.25) is 5.02 Å². The molecule has 0 amide bonds. The first-order valence-electron chi connectivity index (χ1n) is 5.85. The molecule has 21 heavy (non-hydrogen) atoms. The number of nitrogens with one attached hydrogen (secondary N) is 2. The van der Waals surface area contributed by atoms with Crippen LogP contribution in [0.1, 0.15) is 5.56 Å². The highest BCUT2D eigenvalue weighted by Gasteiger charge is 2.00. The van der Waals surface area contributed by atoms with E-state index < -0.39 is 11.6 Å². The zero-order valence-electron chi connectivity index (χ0n) is 10.6. The Hall–Kier alpha value is -2.05. The molecule has 0 bridgehead atoms. The van der Waals surface area contributed by atoms with Crippen molar-refractivity contribution in [1.29, 1.82) is 0 Å². The molecule has 0 atom stereocenters. The average Bonchev–Trinajstić information content (AvgIpc) is 2.45. The third-order valence-corrected chi connectivity index (χ3v) is 2.87. The second kappa shape index (κ2) is 7.10. The van der Waals surface area contributed by atoms with Crippen molar-refractivity contribution in [2.45, 2.75) is 0 Å². The molecule has 0 aromatic heterocycles. The SMILES string of the molecule is Fc1ccc(/C=N\NC(=S)Nc2ccc(Cl)cc2)cc1F. The summed E-state index contributed by atoms with van der Waals surface area (Å²) in [4.78, 5) is 0. The lowest BCUT2D eigenvalue weighted by molar-refractivity contribution is 0.508. The van der Waals surface area contributed by atoms with Gasteiger partial charge in [0.2, 0.25) is 0 Å². The summed E-state index contributed by atoms with van der Waals surface area (Å²) in [5.74, 6) is -1.83. The first-order chi connectivity index (χ1) is 10.0. The monoisotopic (exact) mass is 325 g/mol. The van der Waals surface area contributed by atoms with Crippen molar-refractivity contribution < 1.29 is 8.78 Å². The molecule has 0 heterocycles. The van der Waals surface area contributed by atoms with Crippen LogP contribution in [0.4, 0.5) is 14.5 Å². The van der Waals surface area contributed by atoms with Crippen molar-refractivity contribution in [1.82, 2.24) is 5.43 Å². The maximum absolute atomic E-state index is 13.0. The number of halogens is 3. The zero-order chi connectivity index (χ0) is 15.2. The molecule has 2 N–H and O–H groups in total. The van der Waals surface area contributed by atoms with Gasteiger partial charge in [-0.2, -0.15) is 5.10 Å². The normalized spacial score (nSPS) is 10.6. The third-order valence-electron chi connectivity index (χ3n) is 2.43. The van der Waals surface area contributed by atoms with Gasteiger partial charge in [0, 0.05) is 10.7 Å². The van der Waals surface area contributed by atoms with Crippen molar-refractivity contribution in [2.75, 3.05) is 5.32 Å². The lowest BCUT2D eigenvalue weighted by Gasteiger charge is -2.06. The molecule has 0 aliphatic carbocycles. The fourth-order valence-corrected chi connectivity index (χ4v) is 1.75. The molecule has 0 spiro atoms. The molecule has 2 rings (SSSR count). The van der Waals surface area contributed by atoms with Gasteiger partial charge in [-0.1, -0.05) is 17.7 Å². The van der Waals surface area contributed by atoms with Crippen LogP contribution in [-0.2, 0) is 0 Å². The van der Waals surface area contributed by atoms with Crippen LogP contribution in [0.15, 0.2) is 47.6 Å². The standard InChI is InChI=1S/C14H10ClF2N3S/c15-10-2-4-11(5-3-10)19-14(21)20-18-8-9-1-6-12(16)13(17)7-9/h1-8H,(H2,19,20,21)/b18-8-. The molecule has 2 aromatic rings. The maximum Gasteiger partial charge on any atom is 0.191 e. The van der Waals surface area contributed by atoms with Gasteiger partial charge >= 0.3 is 0 Å². The molecule has 0 fully saturated rings. The van der Waals surface area contributed by atoms with Gasteiger partial charge in [0.1, 0.15) is 0 Å². The summed E-state index contributed by atoms with van der Waals surface area (Å²) in [6.07, 6.45) is 1.33. The zero-order valence-corrected chi connectivity index (χ0v) is 12.2. The Morgan fingerprint density at radius 2 is 1.81 bits per heavy atom. The third kappa shape index (κ3) is 4.77. The fourth-order valence-electron chi connectivity index (χ4n) is 1.45. The molecule has 0 radical (unpaired) electrons.